The van der Waals surface area contributed by atoms with Crippen molar-refractivity contribution < 1.29 is 4.74 Å². The zero-order chi connectivity index (χ0) is 14.1. The smallest absolute Gasteiger partial charge is 0.120 e. The number of methoxy groups -OCH3 is 1. The molecule has 1 saturated heterocycles. The van der Waals surface area contributed by atoms with Crippen LogP contribution >= 0.6 is 15.9 Å². The Morgan fingerprint density at radius 3 is 3.05 bits per heavy atom. The van der Waals surface area contributed by atoms with Gasteiger partial charge in [0.05, 0.1) is 17.2 Å². The maximum Gasteiger partial charge on any atom is 0.120 e. The number of benzene rings is 1. The molecule has 1 aliphatic heterocycles. The molecule has 2 N–H and O–H groups in total. The zero-order valence-electron chi connectivity index (χ0n) is 11.9. The van der Waals surface area contributed by atoms with Gasteiger partial charge >= 0.3 is 0 Å². The van der Waals surface area contributed by atoms with Gasteiger partial charge in [0.15, 0.2) is 0 Å². The minimum absolute atomic E-state index is 0.506. The summed E-state index contributed by atoms with van der Waals surface area (Å²) in [7, 11) is 3.88. The molecule has 5 heteroatoms. The number of likely N-dealkylation sites (N-methyl/N-ethyl adjacent to an activating group) is 1. The highest BCUT2D eigenvalue weighted by atomic mass is 79.9. The number of aromatic nitrogens is 1. The lowest BCUT2D eigenvalue weighted by Crippen LogP contribution is -2.49. The van der Waals surface area contributed by atoms with Gasteiger partial charge in [0, 0.05) is 37.1 Å². The second-order valence-corrected chi connectivity index (χ2v) is 6.24. The minimum atomic E-state index is 0.506. The van der Waals surface area contributed by atoms with Gasteiger partial charge in [-0.05, 0) is 47.1 Å². The Hall–Kier alpha value is -1.04. The van der Waals surface area contributed by atoms with Gasteiger partial charge in [-0.25, -0.2) is 0 Å². The van der Waals surface area contributed by atoms with Gasteiger partial charge in [-0.15, -0.1) is 0 Å². The van der Waals surface area contributed by atoms with Crippen LogP contribution in [0.5, 0.6) is 5.75 Å². The van der Waals surface area contributed by atoms with Crippen LogP contribution in [0, 0.1) is 0 Å². The first-order chi connectivity index (χ1) is 9.67. The van der Waals surface area contributed by atoms with Crippen LogP contribution < -0.4 is 10.1 Å². The summed E-state index contributed by atoms with van der Waals surface area (Å²) < 4.78 is 6.36. The lowest BCUT2D eigenvalue weighted by Gasteiger charge is -2.31. The fourth-order valence-electron chi connectivity index (χ4n) is 2.90. The predicted octanol–water partition coefficient (Wildman–Crippen LogP) is 2.39. The number of H-pyrrole nitrogens is 1. The molecule has 1 aliphatic rings. The van der Waals surface area contributed by atoms with Crippen LogP contribution in [-0.4, -0.2) is 49.7 Å². The van der Waals surface area contributed by atoms with E-state index in [9.17, 15) is 0 Å². The minimum Gasteiger partial charge on any atom is -0.497 e. The molecular formula is C15H20BrN3O. The Morgan fingerprint density at radius 2 is 2.30 bits per heavy atom. The molecule has 2 heterocycles. The molecule has 1 unspecified atom stereocenters. The zero-order valence-corrected chi connectivity index (χ0v) is 13.5. The van der Waals surface area contributed by atoms with E-state index in [0.717, 1.165) is 41.9 Å². The third-order valence-corrected chi connectivity index (χ3v) is 4.65. The molecule has 0 aliphatic carbocycles. The number of aromatic amines is 1. The molecule has 0 spiro atoms. The maximum atomic E-state index is 5.28. The molecule has 20 heavy (non-hydrogen) atoms. The van der Waals surface area contributed by atoms with Gasteiger partial charge in [0.25, 0.3) is 0 Å². The van der Waals surface area contributed by atoms with E-state index in [-0.39, 0.29) is 0 Å². The molecule has 1 atom stereocenters. The van der Waals surface area contributed by atoms with E-state index < -0.39 is 0 Å². The van der Waals surface area contributed by atoms with Crippen molar-refractivity contribution in [2.75, 3.05) is 33.8 Å². The molecule has 1 aromatic heterocycles. The quantitative estimate of drug-likeness (QED) is 0.903. The van der Waals surface area contributed by atoms with E-state index in [2.05, 4.69) is 44.2 Å². The van der Waals surface area contributed by atoms with Crippen molar-refractivity contribution in [3.05, 3.63) is 28.4 Å². The molecule has 108 valence electrons. The second kappa shape index (κ2) is 5.76. The summed E-state index contributed by atoms with van der Waals surface area (Å²) in [6, 6.07) is 6.71. The van der Waals surface area contributed by atoms with Crippen molar-refractivity contribution in [1.29, 1.82) is 0 Å². The Morgan fingerprint density at radius 1 is 1.45 bits per heavy atom. The lowest BCUT2D eigenvalue weighted by molar-refractivity contribution is 0.238. The van der Waals surface area contributed by atoms with Gasteiger partial charge in [-0.1, -0.05) is 0 Å². The summed E-state index contributed by atoms with van der Waals surface area (Å²) in [6.45, 7) is 3.28. The topological polar surface area (TPSA) is 40.3 Å². The van der Waals surface area contributed by atoms with E-state index in [4.69, 9.17) is 4.74 Å². The molecule has 2 aromatic rings. The first-order valence-electron chi connectivity index (χ1n) is 6.93. The normalized spacial score (nSPS) is 20.4. The van der Waals surface area contributed by atoms with Crippen LogP contribution in [0.2, 0.25) is 0 Å². The third-order valence-electron chi connectivity index (χ3n) is 3.97. The number of hydrogen-bond acceptors (Lipinski definition) is 3. The third kappa shape index (κ3) is 2.71. The highest BCUT2D eigenvalue weighted by molar-refractivity contribution is 9.10. The molecular weight excluding hydrogens is 318 g/mol. The molecule has 0 bridgehead atoms. The first kappa shape index (κ1) is 13.9. The summed E-state index contributed by atoms with van der Waals surface area (Å²) in [6.07, 6.45) is 1.03. The Balaban J connectivity index is 1.88. The Kier molecular flexibility index (Phi) is 4.01. The SMILES string of the molecule is COc1ccc2c(CC3CN(C)CCN3)c(Br)[nH]c2c1. The van der Waals surface area contributed by atoms with Crippen LogP contribution in [0.3, 0.4) is 0 Å². The standard InChI is InChI=1S/C15H20BrN3O/c1-19-6-5-17-10(9-19)7-13-12-4-3-11(20-2)8-14(12)18-15(13)16/h3-4,8,10,17-18H,5-7,9H2,1-2H3. The van der Waals surface area contributed by atoms with Crippen LogP contribution in [-0.2, 0) is 6.42 Å². The molecule has 0 amide bonds. The molecule has 4 nitrogen and oxygen atoms in total. The monoisotopic (exact) mass is 337 g/mol. The summed E-state index contributed by atoms with van der Waals surface area (Å²) in [5.41, 5.74) is 2.46. The van der Waals surface area contributed by atoms with Crippen LogP contribution in [0.4, 0.5) is 0 Å². The molecule has 3 rings (SSSR count). The van der Waals surface area contributed by atoms with Gasteiger partial charge in [-0.3, -0.25) is 0 Å². The first-order valence-corrected chi connectivity index (χ1v) is 7.72. The molecule has 0 radical (unpaired) electrons. The number of rotatable bonds is 3. The van der Waals surface area contributed by atoms with Gasteiger partial charge < -0.3 is 19.9 Å². The van der Waals surface area contributed by atoms with Crippen LogP contribution in [0.1, 0.15) is 5.56 Å². The highest BCUT2D eigenvalue weighted by Crippen LogP contribution is 2.30. The van der Waals surface area contributed by atoms with Crippen LogP contribution in [0.25, 0.3) is 10.9 Å². The largest absolute Gasteiger partial charge is 0.497 e. The fraction of sp³-hybridized carbons (Fsp3) is 0.467. The van der Waals surface area contributed by atoms with Gasteiger partial charge in [0.2, 0.25) is 0 Å². The number of hydrogen-bond donors (Lipinski definition) is 2. The van der Waals surface area contributed by atoms with Crippen molar-refractivity contribution in [3.63, 3.8) is 0 Å². The van der Waals surface area contributed by atoms with Crippen LogP contribution in [0.15, 0.2) is 22.8 Å². The van der Waals surface area contributed by atoms with Crippen molar-refractivity contribution in [3.8, 4) is 5.75 Å². The number of nitrogens with one attached hydrogen (secondary N) is 2. The lowest BCUT2D eigenvalue weighted by atomic mass is 10.0. The Labute approximate surface area is 127 Å². The van der Waals surface area contributed by atoms with E-state index in [0.29, 0.717) is 6.04 Å². The fourth-order valence-corrected chi connectivity index (χ4v) is 3.49. The second-order valence-electron chi connectivity index (χ2n) is 5.45. The average Bonchev–Trinajstić information content (AvgIpc) is 2.74. The molecule has 1 aromatic carbocycles. The number of piperazine rings is 1. The molecule has 1 fully saturated rings. The van der Waals surface area contributed by atoms with Crippen molar-refractivity contribution in [2.24, 2.45) is 0 Å². The number of ether oxygens (including phenoxy) is 1. The average molecular weight is 338 g/mol. The van der Waals surface area contributed by atoms with Crippen molar-refractivity contribution in [1.82, 2.24) is 15.2 Å². The summed E-state index contributed by atoms with van der Waals surface area (Å²) in [4.78, 5) is 5.78. The van der Waals surface area contributed by atoms with Crippen molar-refractivity contribution >= 4 is 26.8 Å². The van der Waals surface area contributed by atoms with E-state index in [1.807, 2.05) is 12.1 Å². The molecule has 0 saturated carbocycles. The maximum absolute atomic E-state index is 5.28. The van der Waals surface area contributed by atoms with Gasteiger partial charge in [0.1, 0.15) is 5.75 Å². The summed E-state index contributed by atoms with van der Waals surface area (Å²) >= 11 is 3.66. The predicted molar refractivity (Wildman–Crippen MR) is 85.5 cm³/mol. The summed E-state index contributed by atoms with van der Waals surface area (Å²) in [5.74, 6) is 0.883. The van der Waals surface area contributed by atoms with E-state index >= 15 is 0 Å². The number of fused-ring (bicyclic) bond motifs is 1. The van der Waals surface area contributed by atoms with Gasteiger partial charge in [-0.2, -0.15) is 0 Å². The number of halogens is 1. The number of nitrogens with zero attached hydrogens (tertiary/aromatic N) is 1. The van der Waals surface area contributed by atoms with E-state index in [1.165, 1.54) is 10.9 Å². The highest BCUT2D eigenvalue weighted by Gasteiger charge is 2.20. The van der Waals surface area contributed by atoms with Crippen molar-refractivity contribution in [2.45, 2.75) is 12.5 Å². The van der Waals surface area contributed by atoms with E-state index in [1.54, 1.807) is 7.11 Å². The summed E-state index contributed by atoms with van der Waals surface area (Å²) in [5, 5.41) is 4.87. The Bertz CT molecular complexity index is 610.